The maximum absolute atomic E-state index is 12.1. The van der Waals surface area contributed by atoms with Crippen molar-refractivity contribution in [1.29, 1.82) is 0 Å². The number of rotatable bonds is 4. The minimum absolute atomic E-state index is 0.128. The number of carbonyl (C=O) groups is 2. The molecular formula is C12H16N2O3S. The van der Waals surface area contributed by atoms with Gasteiger partial charge in [-0.15, -0.1) is 11.3 Å². The summed E-state index contributed by atoms with van der Waals surface area (Å²) in [7, 11) is 0. The van der Waals surface area contributed by atoms with Gasteiger partial charge in [0.15, 0.2) is 0 Å². The minimum atomic E-state index is -0.908. The number of carboxylic acid groups (broad SMARTS) is 1. The van der Waals surface area contributed by atoms with E-state index in [1.54, 1.807) is 0 Å². The number of aryl methyl sites for hydroxylation is 1. The van der Waals surface area contributed by atoms with Gasteiger partial charge in [0, 0.05) is 11.9 Å². The molecule has 0 radical (unpaired) electrons. The number of amides is 1. The second-order valence-corrected chi connectivity index (χ2v) is 5.29. The molecule has 1 atom stereocenters. The highest BCUT2D eigenvalue weighted by molar-refractivity contribution is 7.09. The Morgan fingerprint density at radius 3 is 3.00 bits per heavy atom. The molecule has 0 unspecified atom stereocenters. The van der Waals surface area contributed by atoms with Crippen molar-refractivity contribution < 1.29 is 14.7 Å². The Labute approximate surface area is 109 Å². The van der Waals surface area contributed by atoms with Gasteiger partial charge in [0.1, 0.15) is 11.0 Å². The van der Waals surface area contributed by atoms with E-state index in [-0.39, 0.29) is 12.3 Å². The average Bonchev–Trinajstić information content (AvgIpc) is 2.96. The van der Waals surface area contributed by atoms with Crippen molar-refractivity contribution >= 4 is 23.2 Å². The number of carbonyl (C=O) groups excluding carboxylic acids is 1. The van der Waals surface area contributed by atoms with Gasteiger partial charge in [-0.25, -0.2) is 9.78 Å². The van der Waals surface area contributed by atoms with Gasteiger partial charge >= 0.3 is 5.97 Å². The summed E-state index contributed by atoms with van der Waals surface area (Å²) in [6, 6.07) is -0.650. The Hall–Kier alpha value is -1.43. The highest BCUT2D eigenvalue weighted by Crippen LogP contribution is 2.20. The summed E-state index contributed by atoms with van der Waals surface area (Å²) >= 11 is 1.46. The van der Waals surface area contributed by atoms with E-state index in [4.69, 9.17) is 5.11 Å². The molecule has 2 heterocycles. The van der Waals surface area contributed by atoms with E-state index in [9.17, 15) is 9.59 Å². The second-order valence-electron chi connectivity index (χ2n) is 4.35. The maximum Gasteiger partial charge on any atom is 0.326 e. The van der Waals surface area contributed by atoms with Crippen LogP contribution in [-0.4, -0.2) is 39.5 Å². The highest BCUT2D eigenvalue weighted by Gasteiger charge is 2.33. The molecule has 0 aliphatic carbocycles. The van der Waals surface area contributed by atoms with E-state index in [1.807, 2.05) is 12.3 Å². The smallest absolute Gasteiger partial charge is 0.326 e. The standard InChI is InChI=1S/C12H16N2O3S/c1-2-8-7-18-10(13-8)6-11(15)14-5-3-4-9(14)12(16)17/h7,9H,2-6H2,1H3,(H,16,17)/t9-/m0/s1. The highest BCUT2D eigenvalue weighted by atomic mass is 32.1. The van der Waals surface area contributed by atoms with Crippen LogP contribution in [0.3, 0.4) is 0 Å². The first-order valence-corrected chi connectivity index (χ1v) is 6.95. The Morgan fingerprint density at radius 1 is 1.61 bits per heavy atom. The number of carboxylic acids is 1. The third-order valence-corrected chi connectivity index (χ3v) is 4.02. The predicted octanol–water partition coefficient (Wildman–Crippen LogP) is 1.32. The molecule has 5 nitrogen and oxygen atoms in total. The zero-order chi connectivity index (χ0) is 13.1. The SMILES string of the molecule is CCc1csc(CC(=O)N2CCC[C@H]2C(=O)O)n1. The van der Waals surface area contributed by atoms with Crippen LogP contribution in [0.5, 0.6) is 0 Å². The molecule has 1 aliphatic heterocycles. The maximum atomic E-state index is 12.1. The lowest BCUT2D eigenvalue weighted by molar-refractivity contribution is -0.148. The molecule has 1 aliphatic rings. The Bertz CT molecular complexity index is 458. The summed E-state index contributed by atoms with van der Waals surface area (Å²) in [5.74, 6) is -1.04. The van der Waals surface area contributed by atoms with E-state index in [0.717, 1.165) is 23.5 Å². The van der Waals surface area contributed by atoms with Crippen LogP contribution in [0, 0.1) is 0 Å². The fraction of sp³-hybridized carbons (Fsp3) is 0.583. The molecule has 1 saturated heterocycles. The molecule has 18 heavy (non-hydrogen) atoms. The van der Waals surface area contributed by atoms with Crippen LogP contribution in [-0.2, 0) is 22.4 Å². The molecular weight excluding hydrogens is 252 g/mol. The number of hydrogen-bond donors (Lipinski definition) is 1. The van der Waals surface area contributed by atoms with Gasteiger partial charge in [-0.3, -0.25) is 4.79 Å². The van der Waals surface area contributed by atoms with Gasteiger partial charge in [0.25, 0.3) is 0 Å². The van der Waals surface area contributed by atoms with E-state index >= 15 is 0 Å². The lowest BCUT2D eigenvalue weighted by atomic mass is 10.2. The van der Waals surface area contributed by atoms with Crippen LogP contribution in [0.4, 0.5) is 0 Å². The molecule has 1 aromatic rings. The molecule has 6 heteroatoms. The third kappa shape index (κ3) is 2.69. The first kappa shape index (κ1) is 13.0. The van der Waals surface area contributed by atoms with Gasteiger partial charge in [-0.1, -0.05) is 6.92 Å². The molecule has 2 rings (SSSR count). The van der Waals surface area contributed by atoms with Crippen LogP contribution in [0.15, 0.2) is 5.38 Å². The normalized spacial score (nSPS) is 19.2. The van der Waals surface area contributed by atoms with Crippen molar-refractivity contribution in [2.24, 2.45) is 0 Å². The predicted molar refractivity (Wildman–Crippen MR) is 67.6 cm³/mol. The molecule has 98 valence electrons. The van der Waals surface area contributed by atoms with Crippen LogP contribution in [0.2, 0.25) is 0 Å². The number of hydrogen-bond acceptors (Lipinski definition) is 4. The number of aliphatic carboxylic acids is 1. The van der Waals surface area contributed by atoms with E-state index in [1.165, 1.54) is 16.2 Å². The van der Waals surface area contributed by atoms with Gasteiger partial charge in [-0.05, 0) is 19.3 Å². The first-order chi connectivity index (χ1) is 8.61. The van der Waals surface area contributed by atoms with Crippen molar-refractivity contribution in [2.75, 3.05) is 6.54 Å². The molecule has 0 aromatic carbocycles. The summed E-state index contributed by atoms with van der Waals surface area (Å²) in [5.41, 5.74) is 0.985. The molecule has 1 N–H and O–H groups in total. The summed E-state index contributed by atoms with van der Waals surface area (Å²) in [6.07, 6.45) is 2.39. The molecule has 0 bridgehead atoms. The quantitative estimate of drug-likeness (QED) is 0.894. The molecule has 1 amide bonds. The Morgan fingerprint density at radius 2 is 2.39 bits per heavy atom. The molecule has 0 saturated carbocycles. The lowest BCUT2D eigenvalue weighted by Gasteiger charge is -2.20. The van der Waals surface area contributed by atoms with Gasteiger partial charge < -0.3 is 10.0 Å². The minimum Gasteiger partial charge on any atom is -0.480 e. The zero-order valence-electron chi connectivity index (χ0n) is 10.3. The number of thiazole rings is 1. The summed E-state index contributed by atoms with van der Waals surface area (Å²) in [6.45, 7) is 2.56. The molecule has 1 aromatic heterocycles. The Kier molecular flexibility index (Phi) is 3.96. The zero-order valence-corrected chi connectivity index (χ0v) is 11.1. The van der Waals surface area contributed by atoms with Crippen molar-refractivity contribution in [3.63, 3.8) is 0 Å². The van der Waals surface area contributed by atoms with Gasteiger partial charge in [-0.2, -0.15) is 0 Å². The second kappa shape index (κ2) is 5.48. The van der Waals surface area contributed by atoms with Crippen molar-refractivity contribution in [2.45, 2.75) is 38.6 Å². The van der Waals surface area contributed by atoms with Crippen molar-refractivity contribution in [3.8, 4) is 0 Å². The van der Waals surface area contributed by atoms with Gasteiger partial charge in [0.05, 0.1) is 12.1 Å². The number of likely N-dealkylation sites (tertiary alicyclic amines) is 1. The first-order valence-electron chi connectivity index (χ1n) is 6.07. The fourth-order valence-corrected chi connectivity index (χ4v) is 3.01. The molecule has 0 spiro atoms. The average molecular weight is 268 g/mol. The van der Waals surface area contributed by atoms with Crippen molar-refractivity contribution in [1.82, 2.24) is 9.88 Å². The largest absolute Gasteiger partial charge is 0.480 e. The van der Waals surface area contributed by atoms with Crippen LogP contribution in [0.25, 0.3) is 0 Å². The summed E-state index contributed by atoms with van der Waals surface area (Å²) in [5, 5.41) is 11.8. The number of aromatic nitrogens is 1. The van der Waals surface area contributed by atoms with Crippen LogP contribution < -0.4 is 0 Å². The third-order valence-electron chi connectivity index (χ3n) is 3.12. The summed E-state index contributed by atoms with van der Waals surface area (Å²) in [4.78, 5) is 28.9. The van der Waals surface area contributed by atoms with E-state index in [2.05, 4.69) is 4.98 Å². The monoisotopic (exact) mass is 268 g/mol. The fourth-order valence-electron chi connectivity index (χ4n) is 2.15. The van der Waals surface area contributed by atoms with Gasteiger partial charge in [0.2, 0.25) is 5.91 Å². The topological polar surface area (TPSA) is 70.5 Å². The Balaban J connectivity index is 2.01. The molecule has 1 fully saturated rings. The van der Waals surface area contributed by atoms with Crippen LogP contribution >= 0.6 is 11.3 Å². The number of nitrogens with zero attached hydrogens (tertiary/aromatic N) is 2. The summed E-state index contributed by atoms with van der Waals surface area (Å²) < 4.78 is 0. The lowest BCUT2D eigenvalue weighted by Crippen LogP contribution is -2.41. The van der Waals surface area contributed by atoms with Crippen LogP contribution in [0.1, 0.15) is 30.5 Å². The van der Waals surface area contributed by atoms with E-state index < -0.39 is 12.0 Å². The van der Waals surface area contributed by atoms with E-state index in [0.29, 0.717) is 13.0 Å². The van der Waals surface area contributed by atoms with Crippen molar-refractivity contribution in [3.05, 3.63) is 16.1 Å².